The van der Waals surface area contributed by atoms with E-state index in [9.17, 15) is 9.90 Å². The van der Waals surface area contributed by atoms with Crippen LogP contribution in [0.4, 0.5) is 5.13 Å². The number of para-hydroxylation sites is 1. The Balaban J connectivity index is 1.59. The maximum Gasteiger partial charge on any atom is 0.345 e. The molecule has 0 amide bonds. The molecule has 2 N–H and O–H groups in total. The van der Waals surface area contributed by atoms with Crippen LogP contribution in [-0.2, 0) is 0 Å². The Bertz CT molecular complexity index is 1220. The lowest BCUT2D eigenvalue weighted by atomic mass is 10.2. The third-order valence-electron chi connectivity index (χ3n) is 3.77. The van der Waals surface area contributed by atoms with Gasteiger partial charge >= 0.3 is 5.63 Å². The molecule has 0 fully saturated rings. The number of aromatic hydroxyl groups is 1. The van der Waals surface area contributed by atoms with Crippen LogP contribution >= 0.6 is 27.3 Å². The number of anilines is 1. The van der Waals surface area contributed by atoms with Gasteiger partial charge in [0.15, 0.2) is 0 Å². The molecule has 0 saturated heterocycles. The Hall–Kier alpha value is -2.97. The van der Waals surface area contributed by atoms with E-state index in [1.807, 2.05) is 12.1 Å². The van der Waals surface area contributed by atoms with E-state index in [4.69, 9.17) is 4.42 Å². The Kier molecular flexibility index (Phi) is 4.74. The van der Waals surface area contributed by atoms with Crippen LogP contribution in [0.5, 0.6) is 5.75 Å². The van der Waals surface area contributed by atoms with Crippen molar-refractivity contribution in [2.24, 2.45) is 5.10 Å². The first kappa shape index (κ1) is 17.4. The number of nitrogens with one attached hydrogen (secondary N) is 1. The van der Waals surface area contributed by atoms with E-state index in [-0.39, 0.29) is 5.75 Å². The quantitative estimate of drug-likeness (QED) is 0.269. The summed E-state index contributed by atoms with van der Waals surface area (Å²) in [5.41, 5.74) is 3.94. The van der Waals surface area contributed by atoms with E-state index in [1.54, 1.807) is 42.6 Å². The summed E-state index contributed by atoms with van der Waals surface area (Å²) in [6.45, 7) is 0. The van der Waals surface area contributed by atoms with Crippen molar-refractivity contribution < 1.29 is 9.52 Å². The minimum atomic E-state index is -0.419. The molecule has 2 aromatic carbocycles. The molecular weight excluding hydrogens is 430 g/mol. The molecule has 8 heteroatoms. The van der Waals surface area contributed by atoms with E-state index in [0.29, 0.717) is 26.7 Å². The van der Waals surface area contributed by atoms with Gasteiger partial charge < -0.3 is 9.52 Å². The van der Waals surface area contributed by atoms with Gasteiger partial charge in [-0.15, -0.1) is 0 Å². The second-order valence-electron chi connectivity index (χ2n) is 5.59. The predicted octanol–water partition coefficient (Wildman–Crippen LogP) is 4.83. The van der Waals surface area contributed by atoms with Crippen LogP contribution in [0.15, 0.2) is 73.5 Å². The summed E-state index contributed by atoms with van der Waals surface area (Å²) in [7, 11) is 0. The molecule has 4 aromatic rings. The van der Waals surface area contributed by atoms with Gasteiger partial charge in [-0.1, -0.05) is 39.4 Å². The normalized spacial score (nSPS) is 11.3. The van der Waals surface area contributed by atoms with Crippen molar-refractivity contribution in [2.45, 2.75) is 0 Å². The van der Waals surface area contributed by atoms with Crippen LogP contribution < -0.4 is 11.1 Å². The molecule has 2 heterocycles. The molecule has 0 aliphatic heterocycles. The third-order valence-corrected chi connectivity index (χ3v) is 5.19. The first-order valence-corrected chi connectivity index (χ1v) is 9.48. The van der Waals surface area contributed by atoms with Gasteiger partial charge in [0.2, 0.25) is 5.13 Å². The van der Waals surface area contributed by atoms with Crippen LogP contribution in [0.1, 0.15) is 5.56 Å². The van der Waals surface area contributed by atoms with Gasteiger partial charge in [0, 0.05) is 21.6 Å². The second kappa shape index (κ2) is 7.34. The van der Waals surface area contributed by atoms with E-state index in [0.717, 1.165) is 9.86 Å². The van der Waals surface area contributed by atoms with Gasteiger partial charge in [-0.05, 0) is 36.4 Å². The highest BCUT2D eigenvalue weighted by molar-refractivity contribution is 9.10. The van der Waals surface area contributed by atoms with Gasteiger partial charge in [-0.2, -0.15) is 5.10 Å². The average Bonchev–Trinajstić information content (AvgIpc) is 3.12. The lowest BCUT2D eigenvalue weighted by Crippen LogP contribution is -2.01. The number of phenols is 1. The number of rotatable bonds is 4. The van der Waals surface area contributed by atoms with E-state index >= 15 is 0 Å². The van der Waals surface area contributed by atoms with E-state index < -0.39 is 5.63 Å². The molecule has 0 radical (unpaired) electrons. The Morgan fingerprint density at radius 3 is 2.93 bits per heavy atom. The van der Waals surface area contributed by atoms with Crippen LogP contribution in [0.25, 0.3) is 21.4 Å². The fraction of sp³-hybridized carbons (Fsp3) is 0. The van der Waals surface area contributed by atoms with Crippen molar-refractivity contribution in [2.75, 3.05) is 5.43 Å². The Morgan fingerprint density at radius 2 is 2.07 bits per heavy atom. The van der Waals surface area contributed by atoms with Gasteiger partial charge in [-0.25, -0.2) is 9.78 Å². The highest BCUT2D eigenvalue weighted by atomic mass is 79.9. The predicted molar refractivity (Wildman–Crippen MR) is 111 cm³/mol. The van der Waals surface area contributed by atoms with Crippen molar-refractivity contribution >= 4 is 49.6 Å². The molecule has 134 valence electrons. The van der Waals surface area contributed by atoms with Crippen LogP contribution in [0.2, 0.25) is 0 Å². The van der Waals surface area contributed by atoms with Crippen LogP contribution in [-0.4, -0.2) is 16.3 Å². The molecule has 0 aliphatic carbocycles. The van der Waals surface area contributed by atoms with Crippen molar-refractivity contribution in [1.82, 2.24) is 4.98 Å². The van der Waals surface area contributed by atoms with Crippen molar-refractivity contribution in [3.8, 4) is 16.2 Å². The first-order chi connectivity index (χ1) is 13.1. The number of hydrogen-bond donors (Lipinski definition) is 2. The summed E-state index contributed by atoms with van der Waals surface area (Å²) in [5, 5.41) is 15.1. The molecule has 27 heavy (non-hydrogen) atoms. The average molecular weight is 442 g/mol. The summed E-state index contributed by atoms with van der Waals surface area (Å²) in [6.07, 6.45) is 3.09. The van der Waals surface area contributed by atoms with Crippen molar-refractivity contribution in [1.29, 1.82) is 0 Å². The fourth-order valence-corrected chi connectivity index (χ4v) is 3.62. The number of fused-ring (bicyclic) bond motifs is 1. The van der Waals surface area contributed by atoms with Crippen LogP contribution in [0, 0.1) is 0 Å². The number of benzene rings is 2. The van der Waals surface area contributed by atoms with Crippen LogP contribution in [0.3, 0.4) is 0 Å². The summed E-state index contributed by atoms with van der Waals surface area (Å²) in [5.74, 6) is 0.141. The SMILES string of the molecule is O=c1oc2ccc(Br)cc2cc1-c1cnc(NN=Cc2ccccc2O)s1. The molecule has 0 saturated carbocycles. The maximum absolute atomic E-state index is 12.3. The number of halogens is 1. The summed E-state index contributed by atoms with van der Waals surface area (Å²) < 4.78 is 6.29. The molecule has 0 bridgehead atoms. The number of phenolic OH excluding ortho intramolecular Hbond substituents is 1. The van der Waals surface area contributed by atoms with Crippen molar-refractivity contribution in [3.05, 3.63) is 75.2 Å². The summed E-state index contributed by atoms with van der Waals surface area (Å²) >= 11 is 4.70. The summed E-state index contributed by atoms with van der Waals surface area (Å²) in [4.78, 5) is 17.2. The third kappa shape index (κ3) is 3.76. The number of thiazole rings is 1. The van der Waals surface area contributed by atoms with Gasteiger partial charge in [0.25, 0.3) is 0 Å². The monoisotopic (exact) mass is 441 g/mol. The number of hydrogen-bond acceptors (Lipinski definition) is 7. The lowest BCUT2D eigenvalue weighted by molar-refractivity contribution is 0.474. The van der Waals surface area contributed by atoms with E-state index in [2.05, 4.69) is 31.4 Å². The number of aromatic nitrogens is 1. The largest absolute Gasteiger partial charge is 0.507 e. The molecule has 2 aromatic heterocycles. The van der Waals surface area contributed by atoms with Gasteiger partial charge in [-0.3, -0.25) is 5.43 Å². The van der Waals surface area contributed by atoms with Gasteiger partial charge in [0.05, 0.1) is 16.7 Å². The fourth-order valence-electron chi connectivity index (χ4n) is 2.47. The molecule has 0 aliphatic rings. The zero-order valence-electron chi connectivity index (χ0n) is 13.7. The minimum absolute atomic E-state index is 0.141. The number of nitrogens with zero attached hydrogens (tertiary/aromatic N) is 2. The smallest absolute Gasteiger partial charge is 0.345 e. The molecule has 0 spiro atoms. The highest BCUT2D eigenvalue weighted by Gasteiger charge is 2.11. The second-order valence-corrected chi connectivity index (χ2v) is 7.53. The Labute approximate surface area is 165 Å². The topological polar surface area (TPSA) is 87.7 Å². The molecule has 0 atom stereocenters. The maximum atomic E-state index is 12.3. The molecule has 4 rings (SSSR count). The lowest BCUT2D eigenvalue weighted by Gasteiger charge is -2.00. The molecule has 0 unspecified atom stereocenters. The zero-order valence-corrected chi connectivity index (χ0v) is 16.1. The molecule has 6 nitrogen and oxygen atoms in total. The number of hydrazone groups is 1. The van der Waals surface area contributed by atoms with Crippen molar-refractivity contribution in [3.63, 3.8) is 0 Å². The minimum Gasteiger partial charge on any atom is -0.507 e. The summed E-state index contributed by atoms with van der Waals surface area (Å²) in [6, 6.07) is 14.1. The highest BCUT2D eigenvalue weighted by Crippen LogP contribution is 2.29. The van der Waals surface area contributed by atoms with E-state index in [1.165, 1.54) is 17.6 Å². The first-order valence-electron chi connectivity index (χ1n) is 7.87. The molecular formula is C19H12BrN3O3S. The van der Waals surface area contributed by atoms with Gasteiger partial charge in [0.1, 0.15) is 11.3 Å². The zero-order chi connectivity index (χ0) is 18.8. The Morgan fingerprint density at radius 1 is 1.22 bits per heavy atom. The standard InChI is InChI=1S/C19H12BrN3O3S/c20-13-5-6-16-12(7-13)8-14(18(25)26-16)17-10-21-19(27-17)23-22-9-11-3-1-2-4-15(11)24/h1-10,24H,(H,21,23).